The molecule has 6 nitrogen and oxygen atoms in total. The molecule has 1 atom stereocenters. The maximum absolute atomic E-state index is 12.0. The van der Waals surface area contributed by atoms with E-state index in [-0.39, 0.29) is 12.5 Å². The second kappa shape index (κ2) is 7.49. The van der Waals surface area contributed by atoms with E-state index in [9.17, 15) is 9.59 Å². The lowest BCUT2D eigenvalue weighted by atomic mass is 10.2. The Morgan fingerprint density at radius 1 is 1.35 bits per heavy atom. The number of carbonyl (C=O) groups is 2. The van der Waals surface area contributed by atoms with Crippen LogP contribution in [0.1, 0.15) is 13.8 Å². The highest BCUT2D eigenvalue weighted by Gasteiger charge is 2.25. The molecule has 0 aromatic heterocycles. The number of carbonyl (C=O) groups excluding carboxylic acids is 2. The van der Waals surface area contributed by atoms with Crippen molar-refractivity contribution < 1.29 is 19.1 Å². The summed E-state index contributed by atoms with van der Waals surface area (Å²) in [7, 11) is 1.53. The van der Waals surface area contributed by atoms with Gasteiger partial charge in [0.05, 0.1) is 13.7 Å². The van der Waals surface area contributed by atoms with Crippen molar-refractivity contribution in [1.29, 1.82) is 0 Å². The standard InChI is InChI=1S/C14H20N2O4/c1-4-16(13(17)9-15)10(2)14(18)20-12-7-5-6-11(8-12)19-3/h5-8,10H,4,9,15H2,1-3H3/t10-/m0/s1. The van der Waals surface area contributed by atoms with E-state index in [0.29, 0.717) is 18.0 Å². The molecule has 0 bridgehead atoms. The average molecular weight is 280 g/mol. The van der Waals surface area contributed by atoms with Gasteiger partial charge in [0.25, 0.3) is 0 Å². The van der Waals surface area contributed by atoms with Gasteiger partial charge in [-0.1, -0.05) is 6.07 Å². The molecule has 0 saturated heterocycles. The molecule has 0 radical (unpaired) electrons. The zero-order chi connectivity index (χ0) is 15.1. The Balaban J connectivity index is 2.76. The Morgan fingerprint density at radius 2 is 2.00 bits per heavy atom. The van der Waals surface area contributed by atoms with Crippen molar-refractivity contribution in [3.05, 3.63) is 24.3 Å². The summed E-state index contributed by atoms with van der Waals surface area (Å²) in [5, 5.41) is 0. The van der Waals surface area contributed by atoms with E-state index in [1.807, 2.05) is 0 Å². The van der Waals surface area contributed by atoms with E-state index in [1.54, 1.807) is 38.1 Å². The summed E-state index contributed by atoms with van der Waals surface area (Å²) in [5.41, 5.74) is 5.32. The van der Waals surface area contributed by atoms with Crippen LogP contribution in [0.5, 0.6) is 11.5 Å². The first kappa shape index (κ1) is 16.0. The third-order valence-corrected chi connectivity index (χ3v) is 2.90. The molecule has 0 saturated carbocycles. The molecule has 0 aliphatic rings. The summed E-state index contributed by atoms with van der Waals surface area (Å²) < 4.78 is 10.3. The minimum Gasteiger partial charge on any atom is -0.497 e. The summed E-state index contributed by atoms with van der Waals surface area (Å²) in [6.45, 7) is 3.65. The van der Waals surface area contributed by atoms with Gasteiger partial charge in [-0.25, -0.2) is 4.79 Å². The molecular formula is C14H20N2O4. The Morgan fingerprint density at radius 3 is 2.55 bits per heavy atom. The highest BCUT2D eigenvalue weighted by Crippen LogP contribution is 2.19. The van der Waals surface area contributed by atoms with Crippen LogP contribution >= 0.6 is 0 Å². The molecule has 0 heterocycles. The van der Waals surface area contributed by atoms with Crippen molar-refractivity contribution >= 4 is 11.9 Å². The first-order valence-electron chi connectivity index (χ1n) is 6.38. The van der Waals surface area contributed by atoms with E-state index in [4.69, 9.17) is 15.2 Å². The number of esters is 1. The fourth-order valence-corrected chi connectivity index (χ4v) is 1.78. The molecule has 6 heteroatoms. The van der Waals surface area contributed by atoms with Gasteiger partial charge in [-0.05, 0) is 26.0 Å². The average Bonchev–Trinajstić information content (AvgIpc) is 2.47. The third kappa shape index (κ3) is 3.96. The number of likely N-dealkylation sites (N-methyl/N-ethyl adjacent to an activating group) is 1. The van der Waals surface area contributed by atoms with Crippen molar-refractivity contribution in [3.8, 4) is 11.5 Å². The van der Waals surface area contributed by atoms with Gasteiger partial charge < -0.3 is 20.1 Å². The van der Waals surface area contributed by atoms with Gasteiger partial charge in [0, 0.05) is 12.6 Å². The van der Waals surface area contributed by atoms with Gasteiger partial charge >= 0.3 is 5.97 Å². The zero-order valence-electron chi connectivity index (χ0n) is 12.0. The molecular weight excluding hydrogens is 260 g/mol. The first-order valence-corrected chi connectivity index (χ1v) is 6.38. The van der Waals surface area contributed by atoms with Crippen LogP contribution in [0, 0.1) is 0 Å². The van der Waals surface area contributed by atoms with Gasteiger partial charge in [0.15, 0.2) is 0 Å². The highest BCUT2D eigenvalue weighted by atomic mass is 16.5. The second-order valence-electron chi connectivity index (χ2n) is 4.16. The molecule has 1 rings (SSSR count). The molecule has 0 aliphatic heterocycles. The van der Waals surface area contributed by atoms with Crippen LogP contribution in [0.3, 0.4) is 0 Å². The number of hydrogen-bond donors (Lipinski definition) is 1. The lowest BCUT2D eigenvalue weighted by molar-refractivity contribution is -0.146. The molecule has 0 spiro atoms. The molecule has 2 N–H and O–H groups in total. The van der Waals surface area contributed by atoms with Gasteiger partial charge in [-0.15, -0.1) is 0 Å². The molecule has 1 amide bonds. The fourth-order valence-electron chi connectivity index (χ4n) is 1.78. The van der Waals surface area contributed by atoms with Crippen LogP contribution < -0.4 is 15.2 Å². The van der Waals surface area contributed by atoms with E-state index < -0.39 is 12.0 Å². The second-order valence-corrected chi connectivity index (χ2v) is 4.16. The minimum atomic E-state index is -0.692. The Kier molecular flexibility index (Phi) is 5.99. The first-order chi connectivity index (χ1) is 9.53. The van der Waals surface area contributed by atoms with Gasteiger partial charge in [0.1, 0.15) is 17.5 Å². The maximum Gasteiger partial charge on any atom is 0.333 e. The van der Waals surface area contributed by atoms with Crippen molar-refractivity contribution in [2.45, 2.75) is 19.9 Å². The number of nitrogens with two attached hydrogens (primary N) is 1. The van der Waals surface area contributed by atoms with E-state index in [0.717, 1.165) is 0 Å². The molecule has 0 aliphatic carbocycles. The Hall–Kier alpha value is -2.08. The SMILES string of the molecule is CCN(C(=O)CN)[C@@H](C)C(=O)Oc1cccc(OC)c1. The van der Waals surface area contributed by atoms with Crippen LogP contribution in [0.15, 0.2) is 24.3 Å². The number of rotatable bonds is 6. The van der Waals surface area contributed by atoms with E-state index >= 15 is 0 Å². The topological polar surface area (TPSA) is 81.9 Å². The van der Waals surface area contributed by atoms with Crippen LogP contribution in [0.25, 0.3) is 0 Å². The highest BCUT2D eigenvalue weighted by molar-refractivity contribution is 5.86. The lowest BCUT2D eigenvalue weighted by Gasteiger charge is -2.25. The largest absolute Gasteiger partial charge is 0.497 e. The number of ether oxygens (including phenoxy) is 2. The van der Waals surface area contributed by atoms with Crippen molar-refractivity contribution in [3.63, 3.8) is 0 Å². The van der Waals surface area contributed by atoms with E-state index in [2.05, 4.69) is 0 Å². The van der Waals surface area contributed by atoms with E-state index in [1.165, 1.54) is 12.0 Å². The van der Waals surface area contributed by atoms with Crippen molar-refractivity contribution in [2.24, 2.45) is 5.73 Å². The maximum atomic E-state index is 12.0. The van der Waals surface area contributed by atoms with Crippen molar-refractivity contribution in [2.75, 3.05) is 20.2 Å². The summed E-state index contributed by atoms with van der Waals surface area (Å²) in [4.78, 5) is 25.0. The fraction of sp³-hybridized carbons (Fsp3) is 0.429. The number of benzene rings is 1. The third-order valence-electron chi connectivity index (χ3n) is 2.90. The number of methoxy groups -OCH3 is 1. The quantitative estimate of drug-likeness (QED) is 0.615. The predicted octanol–water partition coefficient (Wildman–Crippen LogP) is 0.796. The summed E-state index contributed by atoms with van der Waals surface area (Å²) in [6, 6.07) is 6.02. The zero-order valence-corrected chi connectivity index (χ0v) is 12.0. The van der Waals surface area contributed by atoms with Crippen LogP contribution in [0.2, 0.25) is 0 Å². The Bertz CT molecular complexity index is 476. The summed E-state index contributed by atoms with van der Waals surface area (Å²) >= 11 is 0. The van der Waals surface area contributed by atoms with Gasteiger partial charge in [-0.3, -0.25) is 4.79 Å². The van der Waals surface area contributed by atoms with Crippen LogP contribution in [-0.4, -0.2) is 43.0 Å². The normalized spacial score (nSPS) is 11.6. The molecule has 110 valence electrons. The monoisotopic (exact) mass is 280 g/mol. The lowest BCUT2D eigenvalue weighted by Crippen LogP contribution is -2.47. The smallest absolute Gasteiger partial charge is 0.333 e. The molecule has 1 aromatic rings. The number of nitrogens with zero attached hydrogens (tertiary/aromatic N) is 1. The molecule has 0 fully saturated rings. The number of hydrogen-bond acceptors (Lipinski definition) is 5. The molecule has 1 aromatic carbocycles. The molecule has 0 unspecified atom stereocenters. The minimum absolute atomic E-state index is 0.134. The predicted molar refractivity (Wildman–Crippen MR) is 74.5 cm³/mol. The summed E-state index contributed by atoms with van der Waals surface area (Å²) in [6.07, 6.45) is 0. The Labute approximate surface area is 118 Å². The number of amides is 1. The van der Waals surface area contributed by atoms with Crippen LogP contribution in [0.4, 0.5) is 0 Å². The van der Waals surface area contributed by atoms with Crippen molar-refractivity contribution in [1.82, 2.24) is 4.90 Å². The van der Waals surface area contributed by atoms with Gasteiger partial charge in [0.2, 0.25) is 5.91 Å². The van der Waals surface area contributed by atoms with Gasteiger partial charge in [-0.2, -0.15) is 0 Å². The molecule has 20 heavy (non-hydrogen) atoms. The van der Waals surface area contributed by atoms with Crippen LogP contribution in [-0.2, 0) is 9.59 Å². The summed E-state index contributed by atoms with van der Waals surface area (Å²) in [5.74, 6) is 0.162.